The van der Waals surface area contributed by atoms with Gasteiger partial charge in [-0.3, -0.25) is 0 Å². The van der Waals surface area contributed by atoms with Gasteiger partial charge in [-0.2, -0.15) is 0 Å². The normalized spacial score (nSPS) is 20.1. The van der Waals surface area contributed by atoms with E-state index in [0.29, 0.717) is 18.8 Å². The summed E-state index contributed by atoms with van der Waals surface area (Å²) in [5.41, 5.74) is 5.92. The third kappa shape index (κ3) is 3.50. The fourth-order valence-corrected chi connectivity index (χ4v) is 3.74. The average molecular weight is 300 g/mol. The van der Waals surface area contributed by atoms with Crippen molar-refractivity contribution in [2.75, 3.05) is 13.2 Å². The molecule has 19 heavy (non-hydrogen) atoms. The molecule has 5 nitrogen and oxygen atoms in total. The number of nitrogens with one attached hydrogen (secondary N) is 1. The van der Waals surface area contributed by atoms with E-state index in [-0.39, 0.29) is 15.9 Å². The van der Waals surface area contributed by atoms with Gasteiger partial charge >= 0.3 is 0 Å². The van der Waals surface area contributed by atoms with Crippen LogP contribution in [0.15, 0.2) is 29.2 Å². The van der Waals surface area contributed by atoms with Crippen molar-refractivity contribution in [2.45, 2.75) is 23.8 Å². The van der Waals surface area contributed by atoms with Crippen molar-refractivity contribution < 1.29 is 13.2 Å². The van der Waals surface area contributed by atoms with Gasteiger partial charge in [-0.05, 0) is 18.9 Å². The number of rotatable bonds is 4. The van der Waals surface area contributed by atoms with Gasteiger partial charge in [0.1, 0.15) is 4.99 Å². The highest BCUT2D eigenvalue weighted by Crippen LogP contribution is 2.17. The topological polar surface area (TPSA) is 81.4 Å². The summed E-state index contributed by atoms with van der Waals surface area (Å²) in [6, 6.07) is 6.26. The zero-order valence-corrected chi connectivity index (χ0v) is 12.0. The quantitative estimate of drug-likeness (QED) is 0.803. The molecular weight excluding hydrogens is 284 g/mol. The van der Waals surface area contributed by atoms with Crippen molar-refractivity contribution in [1.29, 1.82) is 0 Å². The minimum absolute atomic E-state index is 0.0702. The van der Waals surface area contributed by atoms with E-state index < -0.39 is 10.0 Å². The zero-order valence-electron chi connectivity index (χ0n) is 10.3. The van der Waals surface area contributed by atoms with Crippen LogP contribution in [0, 0.1) is 0 Å². The van der Waals surface area contributed by atoms with Gasteiger partial charge in [-0.25, -0.2) is 13.1 Å². The Morgan fingerprint density at radius 3 is 2.79 bits per heavy atom. The predicted molar refractivity (Wildman–Crippen MR) is 76.5 cm³/mol. The summed E-state index contributed by atoms with van der Waals surface area (Å²) in [4.78, 5) is 0.189. The van der Waals surface area contributed by atoms with Gasteiger partial charge < -0.3 is 10.5 Å². The van der Waals surface area contributed by atoms with Crippen LogP contribution in [-0.4, -0.2) is 32.7 Å². The second-order valence-electron chi connectivity index (χ2n) is 4.40. The molecule has 1 aromatic carbocycles. The van der Waals surface area contributed by atoms with E-state index in [1.54, 1.807) is 18.2 Å². The molecule has 104 valence electrons. The first-order chi connectivity index (χ1) is 9.00. The summed E-state index contributed by atoms with van der Waals surface area (Å²) in [6.45, 7) is 1.08. The first-order valence-electron chi connectivity index (χ1n) is 5.99. The molecule has 0 aliphatic carbocycles. The highest BCUT2D eigenvalue weighted by atomic mass is 32.2. The lowest BCUT2D eigenvalue weighted by Crippen LogP contribution is -2.41. The van der Waals surface area contributed by atoms with Crippen LogP contribution in [0.1, 0.15) is 18.4 Å². The summed E-state index contributed by atoms with van der Waals surface area (Å²) in [6.07, 6.45) is 1.62. The fourth-order valence-electron chi connectivity index (χ4n) is 2.02. The fraction of sp³-hybridized carbons (Fsp3) is 0.417. The molecule has 2 rings (SSSR count). The first kappa shape index (κ1) is 14.4. The summed E-state index contributed by atoms with van der Waals surface area (Å²) < 4.78 is 32.6. The van der Waals surface area contributed by atoms with Crippen LogP contribution in [0.2, 0.25) is 0 Å². The van der Waals surface area contributed by atoms with E-state index >= 15 is 0 Å². The van der Waals surface area contributed by atoms with E-state index in [1.165, 1.54) is 6.07 Å². The van der Waals surface area contributed by atoms with Crippen LogP contribution in [0.4, 0.5) is 0 Å². The summed E-state index contributed by atoms with van der Waals surface area (Å²) in [5, 5.41) is 0. The Hall–Kier alpha value is -1.02. The standard InChI is InChI=1S/C12H16N2O3S2/c13-12(18)10-5-1-2-6-11(10)19(15,16)14-9-4-3-7-17-8-9/h1-2,5-6,9,14H,3-4,7-8H2,(H2,13,18). The summed E-state index contributed by atoms with van der Waals surface area (Å²) in [7, 11) is -3.63. The number of sulfonamides is 1. The number of benzene rings is 1. The van der Waals surface area contributed by atoms with Crippen molar-refractivity contribution >= 4 is 27.2 Å². The van der Waals surface area contributed by atoms with Gasteiger partial charge in [-0.15, -0.1) is 0 Å². The molecule has 0 amide bonds. The van der Waals surface area contributed by atoms with E-state index in [0.717, 1.165) is 12.8 Å². The Labute approximate surface area is 118 Å². The van der Waals surface area contributed by atoms with E-state index in [9.17, 15) is 8.42 Å². The molecule has 0 saturated carbocycles. The monoisotopic (exact) mass is 300 g/mol. The summed E-state index contributed by atoms with van der Waals surface area (Å²) in [5.74, 6) is 0. The van der Waals surface area contributed by atoms with Crippen molar-refractivity contribution in [3.05, 3.63) is 29.8 Å². The molecule has 1 aliphatic rings. The van der Waals surface area contributed by atoms with Gasteiger partial charge in [0, 0.05) is 18.2 Å². The van der Waals surface area contributed by atoms with Crippen molar-refractivity contribution in [3.63, 3.8) is 0 Å². The van der Waals surface area contributed by atoms with Crippen LogP contribution in [0.5, 0.6) is 0 Å². The molecule has 1 aliphatic heterocycles. The molecule has 1 saturated heterocycles. The van der Waals surface area contributed by atoms with Crippen molar-refractivity contribution in [2.24, 2.45) is 5.73 Å². The van der Waals surface area contributed by atoms with Crippen molar-refractivity contribution in [1.82, 2.24) is 4.72 Å². The lowest BCUT2D eigenvalue weighted by molar-refractivity contribution is 0.0774. The maximum Gasteiger partial charge on any atom is 0.241 e. The smallest absolute Gasteiger partial charge is 0.241 e. The molecule has 0 bridgehead atoms. The average Bonchev–Trinajstić information content (AvgIpc) is 2.39. The van der Waals surface area contributed by atoms with Crippen LogP contribution >= 0.6 is 12.2 Å². The molecule has 1 aromatic rings. The minimum atomic E-state index is -3.63. The molecule has 1 heterocycles. The lowest BCUT2D eigenvalue weighted by atomic mass is 10.1. The molecule has 1 fully saturated rings. The largest absolute Gasteiger partial charge is 0.389 e. The number of hydrogen-bond donors (Lipinski definition) is 2. The maximum atomic E-state index is 12.3. The van der Waals surface area contributed by atoms with Gasteiger partial charge in [0.05, 0.1) is 11.5 Å². The maximum absolute atomic E-state index is 12.3. The van der Waals surface area contributed by atoms with Crippen molar-refractivity contribution in [3.8, 4) is 0 Å². The predicted octanol–water partition coefficient (Wildman–Crippen LogP) is 0.778. The Morgan fingerprint density at radius 2 is 2.16 bits per heavy atom. The molecule has 1 unspecified atom stereocenters. The van der Waals surface area contributed by atoms with E-state index in [2.05, 4.69) is 4.72 Å². The van der Waals surface area contributed by atoms with E-state index in [4.69, 9.17) is 22.7 Å². The highest BCUT2D eigenvalue weighted by molar-refractivity contribution is 7.89. The summed E-state index contributed by atoms with van der Waals surface area (Å²) >= 11 is 4.88. The zero-order chi connectivity index (χ0) is 13.9. The third-order valence-corrected chi connectivity index (χ3v) is 4.72. The Morgan fingerprint density at radius 1 is 1.42 bits per heavy atom. The number of thiocarbonyl (C=S) groups is 1. The number of ether oxygens (including phenoxy) is 1. The van der Waals surface area contributed by atoms with Crippen LogP contribution in [0.3, 0.4) is 0 Å². The molecule has 0 spiro atoms. The molecule has 0 aromatic heterocycles. The number of hydrogen-bond acceptors (Lipinski definition) is 4. The van der Waals surface area contributed by atoms with Gasteiger partial charge in [0.25, 0.3) is 0 Å². The Kier molecular flexibility index (Phi) is 4.51. The second-order valence-corrected chi connectivity index (χ2v) is 6.52. The Bertz CT molecular complexity index is 566. The first-order valence-corrected chi connectivity index (χ1v) is 7.89. The minimum Gasteiger partial charge on any atom is -0.389 e. The molecule has 1 atom stereocenters. The van der Waals surface area contributed by atoms with Crippen LogP contribution in [0.25, 0.3) is 0 Å². The van der Waals surface area contributed by atoms with Gasteiger partial charge in [0.2, 0.25) is 10.0 Å². The molecular formula is C12H16N2O3S2. The lowest BCUT2D eigenvalue weighted by Gasteiger charge is -2.23. The highest BCUT2D eigenvalue weighted by Gasteiger charge is 2.24. The molecule has 3 N–H and O–H groups in total. The Balaban J connectivity index is 2.26. The second kappa shape index (κ2) is 5.96. The van der Waals surface area contributed by atoms with E-state index in [1.807, 2.05) is 0 Å². The number of nitrogens with two attached hydrogens (primary N) is 1. The molecule has 0 radical (unpaired) electrons. The van der Waals surface area contributed by atoms with Crippen LogP contribution in [-0.2, 0) is 14.8 Å². The molecule has 7 heteroatoms. The van der Waals surface area contributed by atoms with Crippen LogP contribution < -0.4 is 10.5 Å². The van der Waals surface area contributed by atoms with Gasteiger partial charge in [-0.1, -0.05) is 30.4 Å². The SMILES string of the molecule is NC(=S)c1ccccc1S(=O)(=O)NC1CCCOC1. The van der Waals surface area contributed by atoms with Gasteiger partial charge in [0.15, 0.2) is 0 Å². The third-order valence-electron chi connectivity index (χ3n) is 2.92.